The lowest BCUT2D eigenvalue weighted by atomic mass is 10.2. The third-order valence-corrected chi connectivity index (χ3v) is 5.36. The lowest BCUT2D eigenvalue weighted by molar-refractivity contribution is 0.0963. The number of amides is 1. The summed E-state index contributed by atoms with van der Waals surface area (Å²) in [5.41, 5.74) is 0.815. The summed E-state index contributed by atoms with van der Waals surface area (Å²) in [6.45, 7) is 1.99. The van der Waals surface area contributed by atoms with Crippen LogP contribution in [0.15, 0.2) is 40.8 Å². The van der Waals surface area contributed by atoms with Crippen LogP contribution in [0.3, 0.4) is 0 Å². The maximum Gasteiger partial charge on any atom is 0.414 e. The average molecular weight is 390 g/mol. The van der Waals surface area contributed by atoms with Gasteiger partial charge in [-0.15, -0.1) is 11.3 Å². The number of ether oxygens (including phenoxy) is 1. The normalized spacial score (nSPS) is 19.7. The van der Waals surface area contributed by atoms with Crippen molar-refractivity contribution in [2.45, 2.75) is 12.6 Å². The molecule has 0 saturated carbocycles. The molecule has 9 heteroatoms. The lowest BCUT2D eigenvalue weighted by Crippen LogP contribution is -2.37. The third-order valence-electron chi connectivity index (χ3n) is 4.50. The predicted octanol–water partition coefficient (Wildman–Crippen LogP) is 2.47. The molecule has 27 heavy (non-hydrogen) atoms. The first kappa shape index (κ1) is 17.7. The van der Waals surface area contributed by atoms with Gasteiger partial charge >= 0.3 is 6.09 Å². The maximum atomic E-state index is 14.7. The summed E-state index contributed by atoms with van der Waals surface area (Å²) in [6.07, 6.45) is 0.468. The number of anilines is 2. The Hall–Kier alpha value is -2.65. The van der Waals surface area contributed by atoms with Gasteiger partial charge in [0.1, 0.15) is 18.3 Å². The standard InChI is InChI=1S/C18H19FN4O3S/c19-16-8-13(23-9-14(11-24)26-18(23)25)3-4-17(16)21-5-6-22(20-12-21)10-15-2-1-7-27-15/h1-4,7-8,12,14,24H,5-6,9-11H2/t14-/m1/s1. The van der Waals surface area contributed by atoms with E-state index in [4.69, 9.17) is 9.84 Å². The predicted molar refractivity (Wildman–Crippen MR) is 102 cm³/mol. The molecule has 1 N–H and O–H groups in total. The van der Waals surface area contributed by atoms with E-state index in [1.165, 1.54) is 15.8 Å². The minimum absolute atomic E-state index is 0.205. The Bertz CT molecular complexity index is 845. The number of hydrogen-bond donors (Lipinski definition) is 1. The van der Waals surface area contributed by atoms with E-state index < -0.39 is 18.0 Å². The van der Waals surface area contributed by atoms with Crippen LogP contribution in [0.5, 0.6) is 0 Å². The summed E-state index contributed by atoms with van der Waals surface area (Å²) in [4.78, 5) is 16.1. The highest BCUT2D eigenvalue weighted by atomic mass is 32.1. The number of carbonyl (C=O) groups is 1. The number of carbonyl (C=O) groups excluding carboxylic acids is 1. The van der Waals surface area contributed by atoms with Gasteiger partial charge in [0.05, 0.1) is 37.6 Å². The monoisotopic (exact) mass is 390 g/mol. The number of thiophene rings is 1. The van der Waals surface area contributed by atoms with Gasteiger partial charge in [0.25, 0.3) is 0 Å². The number of aliphatic hydroxyl groups is 1. The van der Waals surface area contributed by atoms with Crippen molar-refractivity contribution in [3.8, 4) is 0 Å². The summed E-state index contributed by atoms with van der Waals surface area (Å²) in [6, 6.07) is 8.68. The van der Waals surface area contributed by atoms with Crippen molar-refractivity contribution >= 4 is 35.1 Å². The molecule has 2 aliphatic heterocycles. The molecule has 1 aromatic heterocycles. The smallest absolute Gasteiger partial charge is 0.414 e. The molecule has 1 fully saturated rings. The molecule has 1 aromatic carbocycles. The van der Waals surface area contributed by atoms with Crippen LogP contribution in [0.25, 0.3) is 0 Å². The van der Waals surface area contributed by atoms with Crippen molar-refractivity contribution in [3.05, 3.63) is 46.4 Å². The van der Waals surface area contributed by atoms with E-state index in [1.807, 2.05) is 16.5 Å². The Labute approximate surface area is 159 Å². The van der Waals surface area contributed by atoms with Crippen LogP contribution in [0.4, 0.5) is 20.6 Å². The highest BCUT2D eigenvalue weighted by Crippen LogP contribution is 2.28. The van der Waals surface area contributed by atoms with Gasteiger partial charge in [-0.3, -0.25) is 9.91 Å². The summed E-state index contributed by atoms with van der Waals surface area (Å²) in [5.74, 6) is -0.439. The van der Waals surface area contributed by atoms with Crippen molar-refractivity contribution in [2.75, 3.05) is 36.0 Å². The molecule has 3 heterocycles. The fourth-order valence-corrected chi connectivity index (χ4v) is 3.80. The molecular formula is C18H19FN4O3S. The average Bonchev–Trinajstić information content (AvgIpc) is 3.32. The second-order valence-electron chi connectivity index (χ2n) is 6.33. The Morgan fingerprint density at radius 1 is 1.33 bits per heavy atom. The number of nitrogens with zero attached hydrogens (tertiary/aromatic N) is 4. The van der Waals surface area contributed by atoms with Crippen molar-refractivity contribution < 1.29 is 19.0 Å². The van der Waals surface area contributed by atoms with Crippen molar-refractivity contribution in [3.63, 3.8) is 0 Å². The molecule has 0 unspecified atom stereocenters. The molecule has 0 aliphatic carbocycles. The molecule has 0 spiro atoms. The Kier molecular flexibility index (Phi) is 4.95. The maximum absolute atomic E-state index is 14.7. The van der Waals surface area contributed by atoms with E-state index in [-0.39, 0.29) is 13.2 Å². The number of hydrazone groups is 1. The number of benzene rings is 1. The molecule has 0 bridgehead atoms. The van der Waals surface area contributed by atoms with Gasteiger partial charge in [0, 0.05) is 11.4 Å². The highest BCUT2D eigenvalue weighted by Gasteiger charge is 2.32. The molecule has 1 atom stereocenters. The lowest BCUT2D eigenvalue weighted by Gasteiger charge is -2.30. The van der Waals surface area contributed by atoms with E-state index in [0.29, 0.717) is 24.5 Å². The Morgan fingerprint density at radius 3 is 2.85 bits per heavy atom. The van der Waals surface area contributed by atoms with Crippen LogP contribution in [0, 0.1) is 5.82 Å². The molecule has 2 aliphatic rings. The second-order valence-corrected chi connectivity index (χ2v) is 7.36. The minimum Gasteiger partial charge on any atom is -0.441 e. The van der Waals surface area contributed by atoms with Crippen molar-refractivity contribution in [1.82, 2.24) is 5.01 Å². The van der Waals surface area contributed by atoms with Gasteiger partial charge in [0.15, 0.2) is 0 Å². The number of halogens is 1. The summed E-state index contributed by atoms with van der Waals surface area (Å²) < 4.78 is 19.7. The topological polar surface area (TPSA) is 68.6 Å². The molecule has 142 valence electrons. The molecule has 4 rings (SSSR count). The summed E-state index contributed by atoms with van der Waals surface area (Å²) in [7, 11) is 0. The molecule has 2 aromatic rings. The molecular weight excluding hydrogens is 371 g/mol. The van der Waals surface area contributed by atoms with Crippen LogP contribution in [0.1, 0.15) is 4.88 Å². The Balaban J connectivity index is 1.45. The number of cyclic esters (lactones) is 1. The molecule has 1 saturated heterocycles. The van der Waals surface area contributed by atoms with E-state index in [1.54, 1.807) is 34.7 Å². The zero-order valence-electron chi connectivity index (χ0n) is 14.5. The molecule has 0 radical (unpaired) electrons. The van der Waals surface area contributed by atoms with Crippen LogP contribution < -0.4 is 9.80 Å². The fraction of sp³-hybridized carbons (Fsp3) is 0.333. The highest BCUT2D eigenvalue weighted by molar-refractivity contribution is 7.09. The van der Waals surface area contributed by atoms with Gasteiger partial charge < -0.3 is 14.7 Å². The summed E-state index contributed by atoms with van der Waals surface area (Å²) >= 11 is 1.68. The first-order valence-corrected chi connectivity index (χ1v) is 9.48. The van der Waals surface area contributed by atoms with E-state index in [0.717, 1.165) is 6.54 Å². The second kappa shape index (κ2) is 7.53. The molecule has 1 amide bonds. The number of aliphatic hydroxyl groups excluding tert-OH is 1. The van der Waals surface area contributed by atoms with Crippen LogP contribution in [0.2, 0.25) is 0 Å². The van der Waals surface area contributed by atoms with E-state index in [9.17, 15) is 9.18 Å². The van der Waals surface area contributed by atoms with E-state index in [2.05, 4.69) is 11.2 Å². The van der Waals surface area contributed by atoms with Gasteiger partial charge in [-0.05, 0) is 29.6 Å². The Morgan fingerprint density at radius 2 is 2.22 bits per heavy atom. The van der Waals surface area contributed by atoms with Gasteiger partial charge in [-0.2, -0.15) is 5.10 Å². The van der Waals surface area contributed by atoms with Crippen LogP contribution in [-0.2, 0) is 11.3 Å². The van der Waals surface area contributed by atoms with Crippen molar-refractivity contribution in [2.24, 2.45) is 5.10 Å². The SMILES string of the molecule is O=C1O[C@@H](CO)CN1c1ccc(N2C=NN(Cc3cccs3)CC2)c(F)c1. The van der Waals surface area contributed by atoms with Gasteiger partial charge in [0.2, 0.25) is 0 Å². The van der Waals surface area contributed by atoms with Crippen LogP contribution >= 0.6 is 11.3 Å². The number of rotatable bonds is 5. The first-order valence-electron chi connectivity index (χ1n) is 8.60. The van der Waals surface area contributed by atoms with Gasteiger partial charge in [-0.25, -0.2) is 9.18 Å². The zero-order chi connectivity index (χ0) is 18.8. The summed E-state index contributed by atoms with van der Waals surface area (Å²) in [5, 5.41) is 17.5. The quantitative estimate of drug-likeness (QED) is 0.850. The minimum atomic E-state index is -0.580. The van der Waals surface area contributed by atoms with Crippen LogP contribution in [-0.4, -0.2) is 54.9 Å². The third kappa shape index (κ3) is 3.74. The number of hydrogen-bond acceptors (Lipinski definition) is 7. The fourth-order valence-electron chi connectivity index (χ4n) is 3.08. The zero-order valence-corrected chi connectivity index (χ0v) is 15.3. The van der Waals surface area contributed by atoms with Gasteiger partial charge in [-0.1, -0.05) is 6.07 Å². The molecule has 7 nitrogen and oxygen atoms in total. The van der Waals surface area contributed by atoms with Crippen molar-refractivity contribution in [1.29, 1.82) is 0 Å². The first-order chi connectivity index (χ1) is 13.1. The largest absolute Gasteiger partial charge is 0.441 e. The van der Waals surface area contributed by atoms with E-state index >= 15 is 0 Å².